The van der Waals surface area contributed by atoms with Crippen LogP contribution in [0.25, 0.3) is 0 Å². The van der Waals surface area contributed by atoms with Crippen LogP contribution < -0.4 is 14.8 Å². The third-order valence-corrected chi connectivity index (χ3v) is 4.08. The standard InChI is InChI=1S/C21H27NO3/c1-5-17-9-7-8-10-20(17)25-16(4)21(23)22-15(3)18-11-13-19(14-12-18)24-6-2/h7-16H,5-6H2,1-4H3,(H,22,23)/t15-,16+/m0/s1. The molecular formula is C21H27NO3. The first-order chi connectivity index (χ1) is 12.0. The third-order valence-electron chi connectivity index (χ3n) is 4.08. The molecule has 0 aliphatic carbocycles. The lowest BCUT2D eigenvalue weighted by Gasteiger charge is -2.20. The van der Waals surface area contributed by atoms with Gasteiger partial charge in [-0.25, -0.2) is 0 Å². The molecule has 2 rings (SSSR count). The van der Waals surface area contributed by atoms with Crippen molar-refractivity contribution in [1.82, 2.24) is 5.32 Å². The first-order valence-electron chi connectivity index (χ1n) is 8.82. The van der Waals surface area contributed by atoms with Gasteiger partial charge in [-0.3, -0.25) is 4.79 Å². The Balaban J connectivity index is 1.95. The Kier molecular flexibility index (Phi) is 6.87. The third kappa shape index (κ3) is 5.24. The zero-order valence-corrected chi connectivity index (χ0v) is 15.4. The lowest BCUT2D eigenvalue weighted by molar-refractivity contribution is -0.127. The highest BCUT2D eigenvalue weighted by molar-refractivity contribution is 5.81. The zero-order valence-electron chi connectivity index (χ0n) is 15.4. The Hall–Kier alpha value is -2.49. The molecule has 0 heterocycles. The summed E-state index contributed by atoms with van der Waals surface area (Å²) in [5, 5.41) is 3.00. The fraction of sp³-hybridized carbons (Fsp3) is 0.381. The quantitative estimate of drug-likeness (QED) is 0.779. The van der Waals surface area contributed by atoms with Crippen LogP contribution in [0.4, 0.5) is 0 Å². The van der Waals surface area contributed by atoms with Crippen LogP contribution in [0.15, 0.2) is 48.5 Å². The van der Waals surface area contributed by atoms with E-state index in [9.17, 15) is 4.79 Å². The average Bonchev–Trinajstić information content (AvgIpc) is 2.63. The van der Waals surface area contributed by atoms with Crippen molar-refractivity contribution in [3.63, 3.8) is 0 Å². The van der Waals surface area contributed by atoms with Crippen molar-refractivity contribution in [1.29, 1.82) is 0 Å². The van der Waals surface area contributed by atoms with Gasteiger partial charge >= 0.3 is 0 Å². The first kappa shape index (κ1) is 18.8. The number of nitrogens with one attached hydrogen (secondary N) is 1. The van der Waals surface area contributed by atoms with Gasteiger partial charge in [0.1, 0.15) is 11.5 Å². The van der Waals surface area contributed by atoms with Crippen LogP contribution in [0.3, 0.4) is 0 Å². The summed E-state index contributed by atoms with van der Waals surface area (Å²) in [5.74, 6) is 1.46. The molecule has 2 aromatic carbocycles. The first-order valence-corrected chi connectivity index (χ1v) is 8.82. The predicted octanol–water partition coefficient (Wildman–Crippen LogP) is 4.29. The number of carbonyl (C=O) groups is 1. The van der Waals surface area contributed by atoms with E-state index in [1.165, 1.54) is 0 Å². The van der Waals surface area contributed by atoms with E-state index in [2.05, 4.69) is 12.2 Å². The van der Waals surface area contributed by atoms with Gasteiger partial charge in [-0.2, -0.15) is 0 Å². The second-order valence-corrected chi connectivity index (χ2v) is 5.95. The monoisotopic (exact) mass is 341 g/mol. The molecule has 1 N–H and O–H groups in total. The van der Waals surface area contributed by atoms with E-state index in [0.29, 0.717) is 6.61 Å². The minimum absolute atomic E-state index is 0.101. The maximum Gasteiger partial charge on any atom is 0.261 e. The average molecular weight is 341 g/mol. The number of aryl methyl sites for hydroxylation is 1. The van der Waals surface area contributed by atoms with E-state index >= 15 is 0 Å². The SMILES string of the molecule is CCOc1ccc([C@H](C)NC(=O)[C@@H](C)Oc2ccccc2CC)cc1. The molecule has 0 fully saturated rings. The number of hydrogen-bond donors (Lipinski definition) is 1. The number of para-hydroxylation sites is 1. The Morgan fingerprint density at radius 3 is 2.36 bits per heavy atom. The minimum Gasteiger partial charge on any atom is -0.494 e. The predicted molar refractivity (Wildman–Crippen MR) is 100 cm³/mol. The van der Waals surface area contributed by atoms with Gasteiger partial charge in [0, 0.05) is 0 Å². The summed E-state index contributed by atoms with van der Waals surface area (Å²) in [4.78, 5) is 12.4. The maximum atomic E-state index is 12.4. The highest BCUT2D eigenvalue weighted by atomic mass is 16.5. The lowest BCUT2D eigenvalue weighted by Crippen LogP contribution is -2.37. The number of ether oxygens (including phenoxy) is 2. The van der Waals surface area contributed by atoms with Crippen LogP contribution in [0, 0.1) is 0 Å². The van der Waals surface area contributed by atoms with E-state index < -0.39 is 6.10 Å². The van der Waals surface area contributed by atoms with Crippen molar-refractivity contribution in [2.45, 2.75) is 46.3 Å². The van der Waals surface area contributed by atoms with Gasteiger partial charge in [-0.05, 0) is 56.5 Å². The van der Waals surface area contributed by atoms with E-state index in [1.54, 1.807) is 6.92 Å². The molecule has 1 amide bonds. The summed E-state index contributed by atoms with van der Waals surface area (Å²) < 4.78 is 11.3. The molecule has 0 aliphatic heterocycles. The maximum absolute atomic E-state index is 12.4. The fourth-order valence-corrected chi connectivity index (χ4v) is 2.59. The highest BCUT2D eigenvalue weighted by Crippen LogP contribution is 2.21. The Bertz CT molecular complexity index is 682. The van der Waals surface area contributed by atoms with Crippen molar-refractivity contribution >= 4 is 5.91 Å². The molecule has 0 bridgehead atoms. The van der Waals surface area contributed by atoms with E-state index in [1.807, 2.05) is 62.4 Å². The normalized spacial score (nSPS) is 13.0. The van der Waals surface area contributed by atoms with Crippen molar-refractivity contribution in [2.75, 3.05) is 6.61 Å². The summed E-state index contributed by atoms with van der Waals surface area (Å²) in [7, 11) is 0. The molecule has 2 atom stereocenters. The molecule has 0 aliphatic rings. The smallest absolute Gasteiger partial charge is 0.261 e. The van der Waals surface area contributed by atoms with Gasteiger partial charge in [0.25, 0.3) is 5.91 Å². The molecule has 134 valence electrons. The number of amides is 1. The molecule has 25 heavy (non-hydrogen) atoms. The van der Waals surface area contributed by atoms with Gasteiger partial charge in [0.15, 0.2) is 6.10 Å². The van der Waals surface area contributed by atoms with Crippen molar-refractivity contribution in [3.05, 3.63) is 59.7 Å². The molecular weight excluding hydrogens is 314 g/mol. The van der Waals surface area contributed by atoms with Crippen LogP contribution >= 0.6 is 0 Å². The number of carbonyl (C=O) groups excluding carboxylic acids is 1. The second kappa shape index (κ2) is 9.11. The van der Waals surface area contributed by atoms with Gasteiger partial charge < -0.3 is 14.8 Å². The molecule has 0 aromatic heterocycles. The molecule has 2 aromatic rings. The molecule has 0 saturated carbocycles. The summed E-state index contributed by atoms with van der Waals surface area (Å²) in [5.41, 5.74) is 2.12. The Morgan fingerprint density at radius 2 is 1.72 bits per heavy atom. The number of hydrogen-bond acceptors (Lipinski definition) is 3. The van der Waals surface area contributed by atoms with Crippen LogP contribution in [0.2, 0.25) is 0 Å². The Labute approximate surface area is 150 Å². The van der Waals surface area contributed by atoms with Crippen LogP contribution in [-0.2, 0) is 11.2 Å². The van der Waals surface area contributed by atoms with Crippen molar-refractivity contribution < 1.29 is 14.3 Å². The van der Waals surface area contributed by atoms with Gasteiger partial charge in [-0.15, -0.1) is 0 Å². The van der Waals surface area contributed by atoms with Crippen LogP contribution in [0.5, 0.6) is 11.5 Å². The molecule has 4 heteroatoms. The molecule has 0 spiro atoms. The number of benzene rings is 2. The topological polar surface area (TPSA) is 47.6 Å². The largest absolute Gasteiger partial charge is 0.494 e. The molecule has 0 saturated heterocycles. The summed E-state index contributed by atoms with van der Waals surface area (Å²) >= 11 is 0. The second-order valence-electron chi connectivity index (χ2n) is 5.95. The summed E-state index contributed by atoms with van der Waals surface area (Å²) in [6, 6.07) is 15.5. The van der Waals surface area contributed by atoms with Crippen LogP contribution in [0.1, 0.15) is 44.9 Å². The zero-order chi connectivity index (χ0) is 18.2. The van der Waals surface area contributed by atoms with Crippen molar-refractivity contribution in [2.24, 2.45) is 0 Å². The van der Waals surface area contributed by atoms with E-state index in [-0.39, 0.29) is 11.9 Å². The summed E-state index contributed by atoms with van der Waals surface area (Å²) in [6.45, 7) is 8.39. The fourth-order valence-electron chi connectivity index (χ4n) is 2.59. The lowest BCUT2D eigenvalue weighted by atomic mass is 10.1. The minimum atomic E-state index is -0.558. The van der Waals surface area contributed by atoms with Gasteiger partial charge in [0.2, 0.25) is 0 Å². The van der Waals surface area contributed by atoms with Gasteiger partial charge in [0.05, 0.1) is 12.6 Å². The molecule has 0 radical (unpaired) electrons. The number of rotatable bonds is 8. The highest BCUT2D eigenvalue weighted by Gasteiger charge is 2.18. The summed E-state index contributed by atoms with van der Waals surface area (Å²) in [6.07, 6.45) is 0.311. The molecule has 4 nitrogen and oxygen atoms in total. The Morgan fingerprint density at radius 1 is 1.04 bits per heavy atom. The van der Waals surface area contributed by atoms with Crippen molar-refractivity contribution in [3.8, 4) is 11.5 Å². The van der Waals surface area contributed by atoms with E-state index in [0.717, 1.165) is 29.0 Å². The molecule has 0 unspecified atom stereocenters. The van der Waals surface area contributed by atoms with Gasteiger partial charge in [-0.1, -0.05) is 37.3 Å². The van der Waals surface area contributed by atoms with Crippen LogP contribution in [-0.4, -0.2) is 18.6 Å². The van der Waals surface area contributed by atoms with E-state index in [4.69, 9.17) is 9.47 Å².